The second-order valence-corrected chi connectivity index (χ2v) is 14.2. The van der Waals surface area contributed by atoms with Crippen LogP contribution in [-0.2, 0) is 9.59 Å². The van der Waals surface area contributed by atoms with Gasteiger partial charge in [-0.2, -0.15) is 0 Å². The molecule has 1 heterocycles. The van der Waals surface area contributed by atoms with Gasteiger partial charge in [0.1, 0.15) is 0 Å². The third kappa shape index (κ3) is 7.39. The first kappa shape index (κ1) is 28.2. The van der Waals surface area contributed by atoms with Crippen molar-refractivity contribution in [2.75, 3.05) is 65.6 Å². The summed E-state index contributed by atoms with van der Waals surface area (Å²) in [5.74, 6) is -0.0305. The summed E-state index contributed by atoms with van der Waals surface area (Å²) in [5, 5.41) is 7.37. The Bertz CT molecular complexity index is 1030. The summed E-state index contributed by atoms with van der Waals surface area (Å²) in [7, 11) is -0.155. The molecule has 0 radical (unpaired) electrons. The number of nitrogens with zero attached hydrogens (tertiary/aromatic N) is 3. The maximum absolute atomic E-state index is 12.1. The number of hydrogen-bond acceptors (Lipinski definition) is 5. The Morgan fingerprint density at radius 1 is 0.816 bits per heavy atom. The van der Waals surface area contributed by atoms with E-state index in [4.69, 9.17) is 0 Å². The number of benzene rings is 3. The summed E-state index contributed by atoms with van der Waals surface area (Å²) in [5.41, 5.74) is 0. The number of carbonyl (C=O) groups is 2. The van der Waals surface area contributed by atoms with Crippen molar-refractivity contribution in [3.05, 3.63) is 91.0 Å². The van der Waals surface area contributed by atoms with E-state index in [1.165, 1.54) is 15.9 Å². The van der Waals surface area contributed by atoms with Crippen LogP contribution in [-0.4, -0.2) is 99.7 Å². The first-order valence-electron chi connectivity index (χ1n) is 13.6. The van der Waals surface area contributed by atoms with Crippen molar-refractivity contribution < 1.29 is 9.59 Å². The first-order chi connectivity index (χ1) is 18.6. The quantitative estimate of drug-likeness (QED) is 0.203. The molecule has 0 saturated carbocycles. The molecule has 0 spiro atoms. The molecule has 0 aromatic heterocycles. The van der Waals surface area contributed by atoms with Gasteiger partial charge >= 0.3 is 203 Å². The summed E-state index contributed by atoms with van der Waals surface area (Å²) in [4.78, 5) is 29.4. The van der Waals surface area contributed by atoms with Crippen molar-refractivity contribution in [3.8, 4) is 0 Å². The SMILES string of the molecule is CN(BC=O)CC(=O)NCCN1CCN(CC[PH](c2ccccc2)(c2ccccc2)c2ccccc2)CC1. The van der Waals surface area contributed by atoms with Crippen LogP contribution in [0.15, 0.2) is 91.0 Å². The zero-order chi connectivity index (χ0) is 26.6. The number of nitrogens with one attached hydrogen (secondary N) is 1. The molecule has 1 aliphatic rings. The Hall–Kier alpha value is -2.83. The predicted molar refractivity (Wildman–Crippen MR) is 164 cm³/mol. The third-order valence-corrected chi connectivity index (χ3v) is 12.5. The molecule has 1 saturated heterocycles. The molecule has 6 nitrogen and oxygen atoms in total. The van der Waals surface area contributed by atoms with Crippen LogP contribution in [0.4, 0.5) is 0 Å². The van der Waals surface area contributed by atoms with Crippen molar-refractivity contribution in [2.45, 2.75) is 0 Å². The number of amides is 1. The van der Waals surface area contributed by atoms with Crippen LogP contribution in [0.5, 0.6) is 0 Å². The molecular formula is C30H40BN4O2P. The van der Waals surface area contributed by atoms with Crippen LogP contribution >= 0.6 is 7.26 Å². The molecule has 3 aromatic rings. The van der Waals surface area contributed by atoms with Gasteiger partial charge in [-0.1, -0.05) is 0 Å². The van der Waals surface area contributed by atoms with Crippen molar-refractivity contribution >= 4 is 42.7 Å². The van der Waals surface area contributed by atoms with Crippen molar-refractivity contribution in [1.29, 1.82) is 0 Å². The molecule has 200 valence electrons. The summed E-state index contributed by atoms with van der Waals surface area (Å²) >= 11 is 0. The topological polar surface area (TPSA) is 55.9 Å². The van der Waals surface area contributed by atoms with E-state index < -0.39 is 7.26 Å². The van der Waals surface area contributed by atoms with E-state index in [2.05, 4.69) is 106 Å². The summed E-state index contributed by atoms with van der Waals surface area (Å²) in [6.07, 6.45) is 1.95. The molecule has 38 heavy (non-hydrogen) atoms. The van der Waals surface area contributed by atoms with Crippen molar-refractivity contribution in [1.82, 2.24) is 19.9 Å². The summed E-state index contributed by atoms with van der Waals surface area (Å²) in [6, 6.07) is 33.4. The number of carbonyl (C=O) groups excluding carboxylic acids is 2. The Labute approximate surface area is 228 Å². The number of rotatable bonds is 13. The average molecular weight is 530 g/mol. The Morgan fingerprint density at radius 2 is 1.26 bits per heavy atom. The molecule has 1 amide bonds. The van der Waals surface area contributed by atoms with Crippen molar-refractivity contribution in [2.24, 2.45) is 0 Å². The van der Waals surface area contributed by atoms with Crippen LogP contribution in [0.1, 0.15) is 0 Å². The molecule has 0 aliphatic carbocycles. The molecule has 0 atom stereocenters. The van der Waals surface area contributed by atoms with E-state index in [0.717, 1.165) is 51.6 Å². The Morgan fingerprint density at radius 3 is 1.71 bits per heavy atom. The van der Waals surface area contributed by atoms with Crippen LogP contribution in [0.3, 0.4) is 0 Å². The van der Waals surface area contributed by atoms with Crippen LogP contribution in [0.25, 0.3) is 0 Å². The normalized spacial score (nSPS) is 15.2. The van der Waals surface area contributed by atoms with Gasteiger partial charge in [0.2, 0.25) is 0 Å². The molecule has 0 bridgehead atoms. The minimum absolute atomic E-state index is 0.0305. The monoisotopic (exact) mass is 530 g/mol. The zero-order valence-corrected chi connectivity index (χ0v) is 23.5. The van der Waals surface area contributed by atoms with E-state index in [-0.39, 0.29) is 19.9 Å². The van der Waals surface area contributed by atoms with E-state index in [9.17, 15) is 9.59 Å². The van der Waals surface area contributed by atoms with Crippen molar-refractivity contribution in [3.63, 3.8) is 0 Å². The van der Waals surface area contributed by atoms with Gasteiger partial charge in [-0.25, -0.2) is 0 Å². The zero-order valence-electron chi connectivity index (χ0n) is 22.5. The van der Waals surface area contributed by atoms with Gasteiger partial charge in [0.05, 0.1) is 6.19 Å². The van der Waals surface area contributed by atoms with Gasteiger partial charge < -0.3 is 4.79 Å². The van der Waals surface area contributed by atoms with E-state index in [0.29, 0.717) is 6.54 Å². The van der Waals surface area contributed by atoms with E-state index >= 15 is 0 Å². The molecule has 1 aliphatic heterocycles. The second-order valence-electron chi connectivity index (χ2n) is 10.2. The molecular weight excluding hydrogens is 490 g/mol. The van der Waals surface area contributed by atoms with Crippen LogP contribution in [0, 0.1) is 0 Å². The van der Waals surface area contributed by atoms with Gasteiger partial charge in [-0.15, -0.1) is 0 Å². The van der Waals surface area contributed by atoms with Gasteiger partial charge in [0.25, 0.3) is 7.41 Å². The summed E-state index contributed by atoms with van der Waals surface area (Å²) in [6.45, 7) is 6.92. The third-order valence-electron chi connectivity index (χ3n) is 7.62. The molecule has 1 N–H and O–H groups in total. The molecule has 4 rings (SSSR count). The Balaban J connectivity index is 1.38. The van der Waals surface area contributed by atoms with Crippen LogP contribution < -0.4 is 21.2 Å². The van der Waals surface area contributed by atoms with Crippen LogP contribution in [0.2, 0.25) is 0 Å². The second kappa shape index (κ2) is 14.4. The number of piperazine rings is 1. The minimum atomic E-state index is -2.21. The van der Waals surface area contributed by atoms with Gasteiger partial charge in [0.15, 0.2) is 0 Å². The first-order valence-corrected chi connectivity index (χ1v) is 15.8. The average Bonchev–Trinajstić information content (AvgIpc) is 2.96. The van der Waals surface area contributed by atoms with E-state index in [1.807, 2.05) is 0 Å². The fourth-order valence-corrected chi connectivity index (χ4v) is 10.3. The molecule has 1 fully saturated rings. The molecule has 8 heteroatoms. The maximum atomic E-state index is 12.1. The van der Waals surface area contributed by atoms with E-state index in [1.54, 1.807) is 11.9 Å². The number of hydrogen-bond donors (Lipinski definition) is 1. The predicted octanol–water partition coefficient (Wildman–Crippen LogP) is 0.920. The van der Waals surface area contributed by atoms with Gasteiger partial charge in [-0.3, -0.25) is 0 Å². The molecule has 0 unspecified atom stereocenters. The summed E-state index contributed by atoms with van der Waals surface area (Å²) < 4.78 is 0. The molecule has 3 aromatic carbocycles. The van der Waals surface area contributed by atoms with Gasteiger partial charge in [0, 0.05) is 0 Å². The standard InChI is InChI=1S/C30H40BN4O2P/c1-33(31-26-36)25-30(37)32-17-18-34-19-21-35(22-20-34)23-24-38(27-11-5-2-6-12-27,28-13-7-3-8-14-28)29-15-9-4-10-16-29/h2-16,26,31,38H,17-25H2,1H3,(H,32,37). The number of likely N-dealkylation sites (N-methyl/N-ethyl adjacent to an activating group) is 1. The fraction of sp³-hybridized carbons (Fsp3) is 0.333. The fourth-order valence-electron chi connectivity index (χ4n) is 5.51. The Kier molecular flexibility index (Phi) is 10.7. The van der Waals surface area contributed by atoms with Gasteiger partial charge in [-0.05, 0) is 7.05 Å².